The SMILES string of the molecule is C#Cc1ccc(-c2c(C3=CC[C@@H](C(=O)N4CCC[C@@]4(C)C#C)CC3)c3c(N)ncnc3n2C)c(C)n1. The number of hydrogen-bond donors (Lipinski definition) is 1. The molecule has 1 amide bonds. The molecule has 7 nitrogen and oxygen atoms in total. The molecule has 7 heteroatoms. The van der Waals surface area contributed by atoms with Gasteiger partial charge in [-0.25, -0.2) is 15.0 Å². The number of rotatable bonds is 3. The highest BCUT2D eigenvalue weighted by Gasteiger charge is 2.41. The highest BCUT2D eigenvalue weighted by Crippen LogP contribution is 2.44. The Morgan fingerprint density at radius 1 is 1.28 bits per heavy atom. The minimum Gasteiger partial charge on any atom is -0.383 e. The van der Waals surface area contributed by atoms with Gasteiger partial charge in [0.05, 0.1) is 11.1 Å². The Morgan fingerprint density at radius 2 is 2.08 bits per heavy atom. The van der Waals surface area contributed by atoms with Gasteiger partial charge < -0.3 is 15.2 Å². The molecule has 3 aromatic rings. The van der Waals surface area contributed by atoms with Crippen molar-refractivity contribution < 1.29 is 4.79 Å². The highest BCUT2D eigenvalue weighted by molar-refractivity contribution is 6.04. The van der Waals surface area contributed by atoms with Crippen LogP contribution in [0.1, 0.15) is 56.0 Å². The van der Waals surface area contributed by atoms with Gasteiger partial charge in [-0.1, -0.05) is 17.9 Å². The number of allylic oxidation sites excluding steroid dienone is 2. The van der Waals surface area contributed by atoms with Crippen LogP contribution in [0.5, 0.6) is 0 Å². The molecular weight excluding hydrogens is 448 g/mol. The van der Waals surface area contributed by atoms with Crippen LogP contribution in [0.4, 0.5) is 5.82 Å². The van der Waals surface area contributed by atoms with Crippen LogP contribution in [-0.2, 0) is 11.8 Å². The molecule has 0 aromatic carbocycles. The van der Waals surface area contributed by atoms with E-state index in [1.807, 2.05) is 42.5 Å². The zero-order chi connectivity index (χ0) is 25.6. The maximum atomic E-state index is 13.4. The quantitative estimate of drug-likeness (QED) is 0.573. The van der Waals surface area contributed by atoms with E-state index in [0.717, 1.165) is 71.3 Å². The third kappa shape index (κ3) is 3.63. The summed E-state index contributed by atoms with van der Waals surface area (Å²) in [5.74, 6) is 5.97. The van der Waals surface area contributed by atoms with Gasteiger partial charge in [-0.15, -0.1) is 12.8 Å². The number of nitrogens with zero attached hydrogens (tertiary/aromatic N) is 5. The molecule has 182 valence electrons. The number of nitrogen functional groups attached to an aromatic ring is 1. The smallest absolute Gasteiger partial charge is 0.227 e. The van der Waals surface area contributed by atoms with E-state index in [2.05, 4.69) is 32.9 Å². The van der Waals surface area contributed by atoms with Gasteiger partial charge in [0.1, 0.15) is 29.0 Å². The Balaban J connectivity index is 1.58. The van der Waals surface area contributed by atoms with Crippen molar-refractivity contribution in [3.63, 3.8) is 0 Å². The van der Waals surface area contributed by atoms with Gasteiger partial charge >= 0.3 is 0 Å². The summed E-state index contributed by atoms with van der Waals surface area (Å²) in [5.41, 5.74) is 12.2. The summed E-state index contributed by atoms with van der Waals surface area (Å²) in [6, 6.07) is 3.85. The van der Waals surface area contributed by atoms with Crippen molar-refractivity contribution in [3.05, 3.63) is 41.5 Å². The minimum absolute atomic E-state index is 0.0788. The summed E-state index contributed by atoms with van der Waals surface area (Å²) < 4.78 is 2.04. The molecule has 2 N–H and O–H groups in total. The van der Waals surface area contributed by atoms with Gasteiger partial charge in [0.25, 0.3) is 0 Å². The van der Waals surface area contributed by atoms with Crippen molar-refractivity contribution in [2.24, 2.45) is 13.0 Å². The molecule has 2 aliphatic rings. The first-order valence-electron chi connectivity index (χ1n) is 12.3. The topological polar surface area (TPSA) is 89.9 Å². The number of terminal acetylenes is 2. The molecule has 0 radical (unpaired) electrons. The van der Waals surface area contributed by atoms with Crippen LogP contribution >= 0.6 is 0 Å². The lowest BCUT2D eigenvalue weighted by Crippen LogP contribution is -2.46. The van der Waals surface area contributed by atoms with Gasteiger partial charge in [0, 0.05) is 36.3 Å². The first kappa shape index (κ1) is 23.6. The number of likely N-dealkylation sites (tertiary alicyclic amines) is 1. The molecule has 0 unspecified atom stereocenters. The number of carbonyl (C=O) groups is 1. The molecule has 0 saturated carbocycles. The molecule has 0 bridgehead atoms. The van der Waals surface area contributed by atoms with Crippen molar-refractivity contribution in [2.75, 3.05) is 12.3 Å². The number of pyridine rings is 1. The summed E-state index contributed by atoms with van der Waals surface area (Å²) in [4.78, 5) is 28.7. The Labute approximate surface area is 211 Å². The second-order valence-electron chi connectivity index (χ2n) is 9.93. The van der Waals surface area contributed by atoms with Crippen LogP contribution in [0.2, 0.25) is 0 Å². The van der Waals surface area contributed by atoms with Crippen molar-refractivity contribution in [1.82, 2.24) is 24.4 Å². The molecule has 3 aromatic heterocycles. The zero-order valence-electron chi connectivity index (χ0n) is 21.0. The number of fused-ring (bicyclic) bond motifs is 1. The summed E-state index contributed by atoms with van der Waals surface area (Å²) in [7, 11) is 1.98. The van der Waals surface area contributed by atoms with Crippen LogP contribution in [0, 0.1) is 37.5 Å². The lowest BCUT2D eigenvalue weighted by molar-refractivity contribution is -0.137. The van der Waals surface area contributed by atoms with Crippen LogP contribution < -0.4 is 5.73 Å². The second kappa shape index (κ2) is 8.84. The maximum Gasteiger partial charge on any atom is 0.227 e. The van der Waals surface area contributed by atoms with E-state index >= 15 is 0 Å². The van der Waals surface area contributed by atoms with Crippen molar-refractivity contribution in [3.8, 4) is 35.9 Å². The lowest BCUT2D eigenvalue weighted by Gasteiger charge is -2.34. The average Bonchev–Trinajstić information content (AvgIpc) is 3.42. The Hall–Kier alpha value is -4.10. The molecule has 1 aliphatic heterocycles. The fraction of sp³-hybridized carbons (Fsp3) is 0.379. The van der Waals surface area contributed by atoms with E-state index in [-0.39, 0.29) is 11.8 Å². The molecule has 1 aliphatic carbocycles. The first-order chi connectivity index (χ1) is 17.3. The van der Waals surface area contributed by atoms with Crippen LogP contribution in [0.25, 0.3) is 27.9 Å². The van der Waals surface area contributed by atoms with Crippen molar-refractivity contribution in [1.29, 1.82) is 0 Å². The number of nitrogens with two attached hydrogens (primary N) is 1. The van der Waals surface area contributed by atoms with E-state index in [4.69, 9.17) is 18.6 Å². The fourth-order valence-corrected chi connectivity index (χ4v) is 5.77. The van der Waals surface area contributed by atoms with Crippen LogP contribution in [0.15, 0.2) is 24.5 Å². The predicted molar refractivity (Wildman–Crippen MR) is 142 cm³/mol. The molecule has 2 atom stereocenters. The Bertz CT molecular complexity index is 1500. The number of hydrogen-bond acceptors (Lipinski definition) is 5. The van der Waals surface area contributed by atoms with Gasteiger partial charge in [-0.2, -0.15) is 0 Å². The second-order valence-corrected chi connectivity index (χ2v) is 9.93. The van der Waals surface area contributed by atoms with Gasteiger partial charge in [0.2, 0.25) is 5.91 Å². The molecule has 1 saturated heterocycles. The van der Waals surface area contributed by atoms with E-state index in [1.54, 1.807) is 0 Å². The number of carbonyl (C=O) groups excluding carboxylic acids is 1. The molecule has 5 rings (SSSR count). The normalized spacial score (nSPS) is 21.8. The number of amides is 1. The summed E-state index contributed by atoms with van der Waals surface area (Å²) in [6.07, 6.45) is 19.0. The summed E-state index contributed by atoms with van der Waals surface area (Å²) >= 11 is 0. The van der Waals surface area contributed by atoms with Crippen LogP contribution in [-0.4, -0.2) is 42.4 Å². The summed E-state index contributed by atoms with van der Waals surface area (Å²) in [6.45, 7) is 4.68. The van der Waals surface area contributed by atoms with E-state index in [1.165, 1.54) is 6.33 Å². The van der Waals surface area contributed by atoms with Crippen molar-refractivity contribution in [2.45, 2.75) is 51.5 Å². The van der Waals surface area contributed by atoms with E-state index in [9.17, 15) is 4.79 Å². The molecule has 4 heterocycles. The Kier molecular flexibility index (Phi) is 5.80. The monoisotopic (exact) mass is 478 g/mol. The highest BCUT2D eigenvalue weighted by atomic mass is 16.2. The number of aromatic nitrogens is 4. The summed E-state index contributed by atoms with van der Waals surface area (Å²) in [5, 5.41) is 0.825. The third-order valence-electron chi connectivity index (χ3n) is 7.78. The third-order valence-corrected chi connectivity index (χ3v) is 7.78. The molecule has 1 fully saturated rings. The van der Waals surface area contributed by atoms with Gasteiger partial charge in [-0.3, -0.25) is 4.79 Å². The minimum atomic E-state index is -0.481. The van der Waals surface area contributed by atoms with Crippen molar-refractivity contribution >= 4 is 28.3 Å². The van der Waals surface area contributed by atoms with E-state index in [0.29, 0.717) is 17.9 Å². The average molecular weight is 479 g/mol. The largest absolute Gasteiger partial charge is 0.383 e. The molecule has 36 heavy (non-hydrogen) atoms. The van der Waals surface area contributed by atoms with E-state index < -0.39 is 5.54 Å². The predicted octanol–water partition coefficient (Wildman–Crippen LogP) is 4.10. The van der Waals surface area contributed by atoms with Crippen LogP contribution in [0.3, 0.4) is 0 Å². The zero-order valence-corrected chi connectivity index (χ0v) is 21.0. The molecular formula is C29H30N6O. The standard InChI is InChI=1S/C29H30N6O/c1-6-21-13-14-22(18(3)33-21)25-23(24-26(30)31-17-32-27(24)34(25)5)19-9-11-20(12-10-19)28(36)35-16-8-15-29(35,4)7-2/h1-2,9,13-14,17,20H,8,10-12,15-16H2,3-5H3,(H2,30,31,32)/t20-,29-/m1/s1. The first-order valence-corrected chi connectivity index (χ1v) is 12.3. The Morgan fingerprint density at radius 3 is 2.75 bits per heavy atom. The number of aryl methyl sites for hydroxylation is 2. The van der Waals surface area contributed by atoms with Gasteiger partial charge in [-0.05, 0) is 63.7 Å². The number of anilines is 1. The molecule has 0 spiro atoms. The maximum absolute atomic E-state index is 13.4. The fourth-order valence-electron chi connectivity index (χ4n) is 5.77. The van der Waals surface area contributed by atoms with Gasteiger partial charge in [0.15, 0.2) is 0 Å². The lowest BCUT2D eigenvalue weighted by atomic mass is 9.83.